The van der Waals surface area contributed by atoms with Crippen LogP contribution in [0.25, 0.3) is 0 Å². The van der Waals surface area contributed by atoms with Gasteiger partial charge in [0.05, 0.1) is 5.71 Å². The molecular formula is C5H10N4. The van der Waals surface area contributed by atoms with Crippen molar-refractivity contribution in [1.29, 1.82) is 5.41 Å². The zero-order chi connectivity index (χ0) is 7.28. The van der Waals surface area contributed by atoms with Crippen molar-refractivity contribution in [1.82, 2.24) is 0 Å². The molecule has 50 valence electrons. The Hall–Kier alpha value is -1.19. The summed E-state index contributed by atoms with van der Waals surface area (Å²) >= 11 is 0. The average Bonchev–Trinajstić information content (AvgIpc) is 1.83. The van der Waals surface area contributed by atoms with Gasteiger partial charge in [-0.25, -0.2) is 0 Å². The summed E-state index contributed by atoms with van der Waals surface area (Å²) < 4.78 is 0. The van der Waals surface area contributed by atoms with Crippen molar-refractivity contribution >= 4 is 17.8 Å². The third-order valence-corrected chi connectivity index (χ3v) is 0.574. The molecule has 0 spiro atoms. The molecule has 0 atom stereocenters. The predicted molar refractivity (Wildman–Crippen MR) is 39.2 cm³/mol. The largest absolute Gasteiger partial charge is 0.386 e. The number of hydrogen-bond donors (Lipinski definition) is 2. The first-order valence-corrected chi connectivity index (χ1v) is 2.51. The van der Waals surface area contributed by atoms with Crippen molar-refractivity contribution in [3.63, 3.8) is 0 Å². The highest BCUT2D eigenvalue weighted by molar-refractivity contribution is 6.28. The van der Waals surface area contributed by atoms with Crippen LogP contribution in [-0.2, 0) is 0 Å². The maximum absolute atomic E-state index is 6.69. The summed E-state index contributed by atoms with van der Waals surface area (Å²) in [6.45, 7) is 3.32. The molecule has 0 saturated carbocycles. The lowest BCUT2D eigenvalue weighted by Crippen LogP contribution is -2.04. The maximum atomic E-state index is 6.69. The molecule has 0 bridgehead atoms. The van der Waals surface area contributed by atoms with E-state index in [2.05, 4.69) is 10.2 Å². The highest BCUT2D eigenvalue weighted by Crippen LogP contribution is 1.74. The lowest BCUT2D eigenvalue weighted by molar-refractivity contribution is 1.21. The number of nitrogens with one attached hydrogen (secondary N) is 1. The summed E-state index contributed by atoms with van der Waals surface area (Å²) in [5.41, 5.74) is 5.70. The first kappa shape index (κ1) is 7.81. The second-order valence-corrected chi connectivity index (χ2v) is 1.63. The minimum absolute atomic E-state index is 0.399. The molecule has 0 radical (unpaired) electrons. The standard InChI is InChI=1S/C5H10N4/c1-4(3-6)8-9-5(2)7/h3,6H,1-2H3,(H2,7,9)/b6-3?,8-4+. The normalized spacial score (nSPS) is 13.6. The van der Waals surface area contributed by atoms with Crippen LogP contribution < -0.4 is 5.73 Å². The van der Waals surface area contributed by atoms with Crippen molar-refractivity contribution in [2.75, 3.05) is 0 Å². The molecule has 0 aromatic heterocycles. The predicted octanol–water partition coefficient (Wildman–Crippen LogP) is 0.389. The second-order valence-electron chi connectivity index (χ2n) is 1.63. The van der Waals surface area contributed by atoms with Crippen LogP contribution in [0, 0.1) is 5.41 Å². The van der Waals surface area contributed by atoms with Crippen LogP contribution in [0.4, 0.5) is 0 Å². The molecule has 0 unspecified atom stereocenters. The molecule has 3 N–H and O–H groups in total. The minimum Gasteiger partial charge on any atom is -0.386 e. The van der Waals surface area contributed by atoms with E-state index in [1.807, 2.05) is 0 Å². The van der Waals surface area contributed by atoms with Gasteiger partial charge in [0.2, 0.25) is 0 Å². The number of amidine groups is 1. The van der Waals surface area contributed by atoms with Crippen LogP contribution in [-0.4, -0.2) is 17.8 Å². The minimum atomic E-state index is 0.399. The zero-order valence-electron chi connectivity index (χ0n) is 5.55. The van der Waals surface area contributed by atoms with Crippen LogP contribution in [0.2, 0.25) is 0 Å². The lowest BCUT2D eigenvalue weighted by Gasteiger charge is -1.84. The maximum Gasteiger partial charge on any atom is 0.119 e. The average molecular weight is 126 g/mol. The Morgan fingerprint density at radius 3 is 2.33 bits per heavy atom. The SMILES string of the molecule is C/C(N)=N\N=C(/C)C=N. The van der Waals surface area contributed by atoms with Crippen molar-refractivity contribution < 1.29 is 0 Å². The van der Waals surface area contributed by atoms with Gasteiger partial charge in [-0.05, 0) is 13.8 Å². The highest BCUT2D eigenvalue weighted by Gasteiger charge is 1.78. The van der Waals surface area contributed by atoms with Gasteiger partial charge >= 0.3 is 0 Å². The van der Waals surface area contributed by atoms with Gasteiger partial charge in [-0.2, -0.15) is 5.10 Å². The van der Waals surface area contributed by atoms with E-state index in [1.54, 1.807) is 13.8 Å². The Balaban J connectivity index is 3.98. The molecule has 0 aliphatic rings. The summed E-state index contributed by atoms with van der Waals surface area (Å²) in [4.78, 5) is 0. The van der Waals surface area contributed by atoms with Gasteiger partial charge in [0.25, 0.3) is 0 Å². The smallest absolute Gasteiger partial charge is 0.119 e. The first-order chi connectivity index (χ1) is 4.16. The summed E-state index contributed by atoms with van der Waals surface area (Å²) in [6.07, 6.45) is 1.12. The number of nitrogens with zero attached hydrogens (tertiary/aromatic N) is 2. The quantitative estimate of drug-likeness (QED) is 0.313. The monoisotopic (exact) mass is 126 g/mol. The van der Waals surface area contributed by atoms with E-state index < -0.39 is 0 Å². The molecule has 0 aliphatic heterocycles. The van der Waals surface area contributed by atoms with Crippen LogP contribution in [0.5, 0.6) is 0 Å². The molecule has 0 aliphatic carbocycles. The molecule has 0 rings (SSSR count). The van der Waals surface area contributed by atoms with E-state index in [0.29, 0.717) is 11.5 Å². The van der Waals surface area contributed by atoms with Crippen molar-refractivity contribution in [3.05, 3.63) is 0 Å². The Kier molecular flexibility index (Phi) is 3.27. The van der Waals surface area contributed by atoms with Gasteiger partial charge in [-0.3, -0.25) is 0 Å². The summed E-state index contributed by atoms with van der Waals surface area (Å²) in [7, 11) is 0. The molecule has 0 aromatic rings. The molecule has 4 heteroatoms. The molecule has 0 saturated heterocycles. The van der Waals surface area contributed by atoms with E-state index >= 15 is 0 Å². The Bertz CT molecular complexity index is 152. The third-order valence-electron chi connectivity index (χ3n) is 0.574. The van der Waals surface area contributed by atoms with Gasteiger partial charge in [0, 0.05) is 6.21 Å². The van der Waals surface area contributed by atoms with Gasteiger partial charge in [0.1, 0.15) is 5.84 Å². The summed E-state index contributed by atoms with van der Waals surface area (Å²) in [5.74, 6) is 0.399. The second kappa shape index (κ2) is 3.77. The number of hydrogen-bond acceptors (Lipinski definition) is 3. The van der Waals surface area contributed by atoms with Gasteiger partial charge < -0.3 is 11.1 Å². The number of rotatable bonds is 2. The fourth-order valence-electron chi connectivity index (χ4n) is 0.187. The molecular weight excluding hydrogens is 116 g/mol. The molecule has 0 fully saturated rings. The fourth-order valence-corrected chi connectivity index (χ4v) is 0.187. The zero-order valence-corrected chi connectivity index (χ0v) is 5.55. The lowest BCUT2D eigenvalue weighted by atomic mass is 10.5. The van der Waals surface area contributed by atoms with E-state index in [9.17, 15) is 0 Å². The molecule has 0 heterocycles. The van der Waals surface area contributed by atoms with Gasteiger partial charge in [-0.1, -0.05) is 0 Å². The Morgan fingerprint density at radius 1 is 1.44 bits per heavy atom. The molecule has 9 heavy (non-hydrogen) atoms. The van der Waals surface area contributed by atoms with Crippen LogP contribution in [0.1, 0.15) is 13.8 Å². The van der Waals surface area contributed by atoms with E-state index in [0.717, 1.165) is 6.21 Å². The fraction of sp³-hybridized carbons (Fsp3) is 0.400. The summed E-state index contributed by atoms with van der Waals surface area (Å²) in [6, 6.07) is 0. The topological polar surface area (TPSA) is 74.6 Å². The number of nitrogens with two attached hydrogens (primary N) is 1. The van der Waals surface area contributed by atoms with Crippen molar-refractivity contribution in [2.24, 2.45) is 15.9 Å². The highest BCUT2D eigenvalue weighted by atomic mass is 15.2. The van der Waals surface area contributed by atoms with E-state index in [1.165, 1.54) is 0 Å². The van der Waals surface area contributed by atoms with Gasteiger partial charge in [-0.15, -0.1) is 5.10 Å². The van der Waals surface area contributed by atoms with Crippen LogP contribution in [0.3, 0.4) is 0 Å². The third kappa shape index (κ3) is 4.67. The van der Waals surface area contributed by atoms with E-state index in [4.69, 9.17) is 11.1 Å². The Labute approximate surface area is 54.0 Å². The van der Waals surface area contributed by atoms with Crippen molar-refractivity contribution in [2.45, 2.75) is 13.8 Å². The molecule has 0 aromatic carbocycles. The van der Waals surface area contributed by atoms with E-state index in [-0.39, 0.29) is 0 Å². The molecule has 0 amide bonds. The van der Waals surface area contributed by atoms with Crippen molar-refractivity contribution in [3.8, 4) is 0 Å². The van der Waals surface area contributed by atoms with Crippen LogP contribution >= 0.6 is 0 Å². The summed E-state index contributed by atoms with van der Waals surface area (Å²) in [5, 5.41) is 13.8. The van der Waals surface area contributed by atoms with Gasteiger partial charge in [0.15, 0.2) is 0 Å². The first-order valence-electron chi connectivity index (χ1n) is 2.51. The van der Waals surface area contributed by atoms with Crippen LogP contribution in [0.15, 0.2) is 10.2 Å². The Morgan fingerprint density at radius 2 is 2.00 bits per heavy atom. The molecule has 4 nitrogen and oxygen atoms in total.